The SMILES string of the molecule is CCC(C)NC(N)=NCc1cc(F)ccc1CS(C)(=O)=O.I. The van der Waals surface area contributed by atoms with Gasteiger partial charge in [-0.1, -0.05) is 13.0 Å². The average Bonchev–Trinajstić information content (AvgIpc) is 2.37. The molecule has 8 heteroatoms. The molecule has 1 aromatic rings. The number of sulfone groups is 1. The van der Waals surface area contributed by atoms with E-state index in [2.05, 4.69) is 10.3 Å². The third-order valence-corrected chi connectivity index (χ3v) is 3.85. The predicted molar refractivity (Wildman–Crippen MR) is 98.6 cm³/mol. The van der Waals surface area contributed by atoms with Gasteiger partial charge in [0.15, 0.2) is 15.8 Å². The number of guanidine groups is 1. The molecule has 0 saturated heterocycles. The van der Waals surface area contributed by atoms with Crippen molar-refractivity contribution in [3.8, 4) is 0 Å². The third-order valence-electron chi connectivity index (χ3n) is 3.01. The Bertz CT molecular complexity index is 621. The number of nitrogens with two attached hydrogens (primary N) is 1. The number of rotatable bonds is 6. The van der Waals surface area contributed by atoms with Crippen LogP contribution >= 0.6 is 24.0 Å². The number of aliphatic imine (C=N–C) groups is 1. The zero-order valence-electron chi connectivity index (χ0n) is 13.0. The molecule has 0 heterocycles. The summed E-state index contributed by atoms with van der Waals surface area (Å²) in [5, 5.41) is 3.00. The minimum atomic E-state index is -3.19. The van der Waals surface area contributed by atoms with Crippen LogP contribution in [0, 0.1) is 5.82 Å². The van der Waals surface area contributed by atoms with Crippen LogP contribution in [0.4, 0.5) is 4.39 Å². The molecular weight excluding hydrogens is 420 g/mol. The second-order valence-electron chi connectivity index (χ2n) is 5.14. The Labute approximate surface area is 148 Å². The van der Waals surface area contributed by atoms with Crippen LogP contribution in [-0.4, -0.2) is 26.7 Å². The topological polar surface area (TPSA) is 84.5 Å². The number of nitrogens with one attached hydrogen (secondary N) is 1. The Morgan fingerprint density at radius 1 is 1.41 bits per heavy atom. The van der Waals surface area contributed by atoms with E-state index in [0.717, 1.165) is 12.7 Å². The second kappa shape index (κ2) is 9.29. The van der Waals surface area contributed by atoms with Crippen LogP contribution in [0.15, 0.2) is 23.2 Å². The van der Waals surface area contributed by atoms with Gasteiger partial charge in [0.25, 0.3) is 0 Å². The van der Waals surface area contributed by atoms with E-state index in [0.29, 0.717) is 11.1 Å². The van der Waals surface area contributed by atoms with Gasteiger partial charge in [-0.15, -0.1) is 24.0 Å². The van der Waals surface area contributed by atoms with Crippen molar-refractivity contribution in [3.63, 3.8) is 0 Å². The summed E-state index contributed by atoms with van der Waals surface area (Å²) in [6.07, 6.45) is 2.04. The van der Waals surface area contributed by atoms with Gasteiger partial charge in [-0.25, -0.2) is 17.8 Å². The molecule has 3 N–H and O–H groups in total. The molecule has 1 unspecified atom stereocenters. The quantitative estimate of drug-likeness (QED) is 0.401. The van der Waals surface area contributed by atoms with E-state index >= 15 is 0 Å². The van der Waals surface area contributed by atoms with Gasteiger partial charge in [0.2, 0.25) is 0 Å². The summed E-state index contributed by atoms with van der Waals surface area (Å²) in [4.78, 5) is 4.14. The van der Waals surface area contributed by atoms with Gasteiger partial charge in [0.05, 0.1) is 12.3 Å². The molecule has 1 rings (SSSR count). The maximum absolute atomic E-state index is 13.3. The Morgan fingerprint density at radius 3 is 2.59 bits per heavy atom. The smallest absolute Gasteiger partial charge is 0.189 e. The van der Waals surface area contributed by atoms with Crippen LogP contribution in [0.2, 0.25) is 0 Å². The van der Waals surface area contributed by atoms with Crippen molar-refractivity contribution in [1.29, 1.82) is 0 Å². The van der Waals surface area contributed by atoms with E-state index in [9.17, 15) is 12.8 Å². The summed E-state index contributed by atoms with van der Waals surface area (Å²) in [5.41, 5.74) is 6.80. The van der Waals surface area contributed by atoms with Crippen LogP contribution in [0.25, 0.3) is 0 Å². The lowest BCUT2D eigenvalue weighted by atomic mass is 10.1. The molecule has 0 aromatic heterocycles. The van der Waals surface area contributed by atoms with Gasteiger partial charge < -0.3 is 11.1 Å². The van der Waals surface area contributed by atoms with Crippen molar-refractivity contribution in [3.05, 3.63) is 35.1 Å². The van der Waals surface area contributed by atoms with Gasteiger partial charge >= 0.3 is 0 Å². The maximum Gasteiger partial charge on any atom is 0.189 e. The Kier molecular flexibility index (Phi) is 8.91. The fourth-order valence-corrected chi connectivity index (χ4v) is 2.58. The first-order valence-corrected chi connectivity index (χ1v) is 8.78. The first-order chi connectivity index (χ1) is 9.71. The molecule has 0 radical (unpaired) electrons. The summed E-state index contributed by atoms with van der Waals surface area (Å²) >= 11 is 0. The van der Waals surface area contributed by atoms with Gasteiger partial charge in [-0.05, 0) is 36.6 Å². The molecule has 5 nitrogen and oxygen atoms in total. The van der Waals surface area contributed by atoms with Crippen molar-refractivity contribution in [2.75, 3.05) is 6.26 Å². The summed E-state index contributed by atoms with van der Waals surface area (Å²) in [7, 11) is -3.19. The minimum Gasteiger partial charge on any atom is -0.370 e. The highest BCUT2D eigenvalue weighted by atomic mass is 127. The summed E-state index contributed by atoms with van der Waals surface area (Å²) < 4.78 is 36.1. The maximum atomic E-state index is 13.3. The molecule has 0 bridgehead atoms. The molecule has 0 aliphatic heterocycles. The Balaban J connectivity index is 0.00000441. The highest BCUT2D eigenvalue weighted by Gasteiger charge is 2.10. The molecular formula is C14H23FIN3O2S. The third kappa shape index (κ3) is 7.92. The number of benzene rings is 1. The number of halogens is 2. The van der Waals surface area contributed by atoms with Crippen molar-refractivity contribution in [2.45, 2.75) is 38.6 Å². The predicted octanol–water partition coefficient (Wildman–Crippen LogP) is 2.19. The number of nitrogens with zero attached hydrogens (tertiary/aromatic N) is 1. The molecule has 0 aliphatic rings. The fraction of sp³-hybridized carbons (Fsp3) is 0.500. The molecule has 1 aromatic carbocycles. The number of hydrogen-bond acceptors (Lipinski definition) is 3. The van der Waals surface area contributed by atoms with Gasteiger partial charge in [0, 0.05) is 12.3 Å². The molecule has 22 heavy (non-hydrogen) atoms. The zero-order chi connectivity index (χ0) is 16.0. The van der Waals surface area contributed by atoms with Crippen molar-refractivity contribution >= 4 is 39.8 Å². The van der Waals surface area contributed by atoms with Gasteiger partial charge in [0.1, 0.15) is 5.82 Å². The van der Waals surface area contributed by atoms with Gasteiger partial charge in [-0.3, -0.25) is 0 Å². The molecule has 126 valence electrons. The van der Waals surface area contributed by atoms with E-state index in [-0.39, 0.29) is 48.3 Å². The van der Waals surface area contributed by atoms with Crippen LogP contribution in [0.1, 0.15) is 31.4 Å². The van der Waals surface area contributed by atoms with Crippen molar-refractivity contribution < 1.29 is 12.8 Å². The van der Waals surface area contributed by atoms with Crippen molar-refractivity contribution in [1.82, 2.24) is 5.32 Å². The second-order valence-corrected chi connectivity index (χ2v) is 7.28. The fourth-order valence-electron chi connectivity index (χ4n) is 1.74. The number of hydrogen-bond donors (Lipinski definition) is 2. The first-order valence-electron chi connectivity index (χ1n) is 6.72. The van der Waals surface area contributed by atoms with Crippen LogP contribution < -0.4 is 11.1 Å². The summed E-state index contributed by atoms with van der Waals surface area (Å²) in [6.45, 7) is 4.12. The summed E-state index contributed by atoms with van der Waals surface area (Å²) in [6, 6.07) is 4.20. The van der Waals surface area contributed by atoms with Crippen LogP contribution in [0.5, 0.6) is 0 Å². The van der Waals surface area contributed by atoms with E-state index in [1.807, 2.05) is 13.8 Å². The van der Waals surface area contributed by atoms with E-state index in [4.69, 9.17) is 5.73 Å². The average molecular weight is 443 g/mol. The molecule has 0 fully saturated rings. The first kappa shape index (κ1) is 21.1. The lowest BCUT2D eigenvalue weighted by Crippen LogP contribution is -2.38. The molecule has 0 amide bonds. The van der Waals surface area contributed by atoms with E-state index in [1.54, 1.807) is 0 Å². The van der Waals surface area contributed by atoms with Crippen molar-refractivity contribution in [2.24, 2.45) is 10.7 Å². The molecule has 0 aliphatic carbocycles. The monoisotopic (exact) mass is 443 g/mol. The minimum absolute atomic E-state index is 0. The van der Waals surface area contributed by atoms with Gasteiger partial charge in [-0.2, -0.15) is 0 Å². The van der Waals surface area contributed by atoms with Crippen LogP contribution in [0.3, 0.4) is 0 Å². The largest absolute Gasteiger partial charge is 0.370 e. The van der Waals surface area contributed by atoms with Crippen LogP contribution in [-0.2, 0) is 22.1 Å². The van der Waals surface area contributed by atoms with E-state index in [1.165, 1.54) is 18.2 Å². The highest BCUT2D eigenvalue weighted by Crippen LogP contribution is 2.15. The molecule has 0 spiro atoms. The molecule has 1 atom stereocenters. The standard InChI is InChI=1S/C14H22FN3O2S.HI/c1-4-10(2)18-14(16)17-8-12-7-13(15)6-5-11(12)9-21(3,19)20;/h5-7,10H,4,8-9H2,1-3H3,(H3,16,17,18);1H. The summed E-state index contributed by atoms with van der Waals surface area (Å²) in [5.74, 6) is -0.304. The lowest BCUT2D eigenvalue weighted by Gasteiger charge is -2.12. The Hall–Kier alpha value is -0.900. The van der Waals surface area contributed by atoms with E-state index < -0.39 is 15.7 Å². The zero-order valence-corrected chi connectivity index (χ0v) is 16.1. The highest BCUT2D eigenvalue weighted by molar-refractivity contribution is 14.0. The Morgan fingerprint density at radius 2 is 2.05 bits per heavy atom. The lowest BCUT2D eigenvalue weighted by molar-refractivity contribution is 0.600. The normalized spacial score (nSPS) is 13.4. The molecule has 0 saturated carbocycles.